The number of likely N-dealkylation sites (N-methyl/N-ethyl adjacent to an activating group) is 1. The van der Waals surface area contributed by atoms with E-state index in [9.17, 15) is 4.79 Å². The molecule has 2 aliphatic rings. The van der Waals surface area contributed by atoms with Gasteiger partial charge in [-0.25, -0.2) is 0 Å². The van der Waals surface area contributed by atoms with Crippen LogP contribution in [-0.2, 0) is 14.3 Å². The van der Waals surface area contributed by atoms with E-state index in [0.29, 0.717) is 36.7 Å². The van der Waals surface area contributed by atoms with Gasteiger partial charge in [-0.05, 0) is 31.4 Å². The second-order valence-electron chi connectivity index (χ2n) is 9.79. The molecule has 0 N–H and O–H groups in total. The first kappa shape index (κ1) is 29.0. The minimum Gasteiger partial charge on any atom is -1.00 e. The summed E-state index contributed by atoms with van der Waals surface area (Å²) in [7, 11) is 2.17. The molecule has 1 fully saturated rings. The van der Waals surface area contributed by atoms with Crippen molar-refractivity contribution >= 4 is 23.3 Å². The van der Waals surface area contributed by atoms with Crippen molar-refractivity contribution in [2.45, 2.75) is 58.1 Å². The van der Waals surface area contributed by atoms with Crippen LogP contribution < -0.4 is 28.7 Å². The second-order valence-corrected chi connectivity index (χ2v) is 10.3. The van der Waals surface area contributed by atoms with Crippen LogP contribution >= 0.6 is 11.7 Å². The number of halogens is 1. The number of quaternary nitrogens is 1. The summed E-state index contributed by atoms with van der Waals surface area (Å²) in [5.41, 5.74) is 2.96. The molecule has 1 saturated heterocycles. The molecule has 1 aromatic heterocycles. The minimum atomic E-state index is -0.389. The maximum absolute atomic E-state index is 13.2. The molecule has 1 aromatic carbocycles. The molecule has 0 saturated carbocycles. The summed E-state index contributed by atoms with van der Waals surface area (Å²) in [6, 6.07) is 10.1. The van der Waals surface area contributed by atoms with Crippen molar-refractivity contribution < 1.29 is 47.5 Å². The molecule has 2 atom stereocenters. The van der Waals surface area contributed by atoms with Crippen LogP contribution in [0, 0.1) is 5.92 Å². The summed E-state index contributed by atoms with van der Waals surface area (Å²) in [6.07, 6.45) is 8.78. The van der Waals surface area contributed by atoms with Gasteiger partial charge in [0.15, 0.2) is 0 Å². The monoisotopic (exact) mass is 627 g/mol. The molecule has 0 amide bonds. The first-order valence-electron chi connectivity index (χ1n) is 12.9. The van der Waals surface area contributed by atoms with Crippen LogP contribution in [0.2, 0.25) is 0 Å². The molecule has 0 radical (unpaired) electrons. The molecular weight excluding hydrogens is 589 g/mol. The van der Waals surface area contributed by atoms with Gasteiger partial charge in [0.25, 0.3) is 12.1 Å². The molecule has 2 unspecified atom stereocenters. The van der Waals surface area contributed by atoms with E-state index >= 15 is 0 Å². The van der Waals surface area contributed by atoms with Gasteiger partial charge in [-0.3, -0.25) is 9.28 Å². The van der Waals surface area contributed by atoms with Crippen molar-refractivity contribution in [3.63, 3.8) is 0 Å². The zero-order valence-electron chi connectivity index (χ0n) is 21.4. The Bertz CT molecular complexity index is 980. The second kappa shape index (κ2) is 14.4. The van der Waals surface area contributed by atoms with E-state index in [1.54, 1.807) is 0 Å². The number of ether oxygens (including phenoxy) is 3. The van der Waals surface area contributed by atoms with E-state index < -0.39 is 0 Å². The number of hydrogen-bond acceptors (Lipinski definition) is 7. The molecule has 4 rings (SSSR count). The molecule has 0 spiro atoms. The van der Waals surface area contributed by atoms with E-state index in [0.717, 1.165) is 55.5 Å². The van der Waals surface area contributed by atoms with Crippen LogP contribution in [0.15, 0.2) is 36.4 Å². The van der Waals surface area contributed by atoms with Gasteiger partial charge in [0.05, 0.1) is 43.4 Å². The summed E-state index contributed by atoms with van der Waals surface area (Å²) in [5, 5.41) is 0. The maximum atomic E-state index is 13.2. The lowest BCUT2D eigenvalue weighted by Gasteiger charge is -2.43. The van der Waals surface area contributed by atoms with Gasteiger partial charge in [0.1, 0.15) is 12.2 Å². The van der Waals surface area contributed by atoms with Crippen LogP contribution in [-0.4, -0.2) is 59.2 Å². The third-order valence-corrected chi connectivity index (χ3v) is 7.51. The lowest BCUT2D eigenvalue weighted by atomic mass is 10.00. The van der Waals surface area contributed by atoms with Crippen LogP contribution in [0.3, 0.4) is 0 Å². The summed E-state index contributed by atoms with van der Waals surface area (Å²) in [6.45, 7) is 5.66. The van der Waals surface area contributed by atoms with Gasteiger partial charge in [-0.15, -0.1) is 4.37 Å². The number of rotatable bonds is 11. The number of aromatic nitrogens is 2. The minimum absolute atomic E-state index is 0. The highest BCUT2D eigenvalue weighted by Crippen LogP contribution is 2.37. The fraction of sp³-hybridized carbons (Fsp3) is 0.593. The highest BCUT2D eigenvalue weighted by molar-refractivity contribution is 6.99. The first-order valence-corrected chi connectivity index (χ1v) is 13.7. The predicted molar refractivity (Wildman–Crippen MR) is 137 cm³/mol. The summed E-state index contributed by atoms with van der Waals surface area (Å²) < 4.78 is 27.4. The maximum Gasteiger partial charge on any atom is 0.313 e. The standard InChI is InChI=1S/C27H38N3O4S.HI/c1-3-4-5-9-17-33-25-24(28-35-29-25)23-13-10-16-30(2,20-23)26(21-11-7-6-8-12-21)34-27(31)22-14-18-32-19-15-22;/h6-8,11-13,22,26H,3-5,9-10,14-20H2,1-2H3;1H/q+1;/p-1. The number of benzene rings is 1. The van der Waals surface area contributed by atoms with Gasteiger partial charge >= 0.3 is 5.97 Å². The van der Waals surface area contributed by atoms with Crippen molar-refractivity contribution in [3.05, 3.63) is 47.7 Å². The third kappa shape index (κ3) is 7.49. The van der Waals surface area contributed by atoms with Crippen LogP contribution in [0.5, 0.6) is 5.88 Å². The lowest BCUT2D eigenvalue weighted by molar-refractivity contribution is -0.953. The Hall–Kier alpha value is -1.56. The predicted octanol–water partition coefficient (Wildman–Crippen LogP) is 2.40. The fourth-order valence-corrected chi connectivity index (χ4v) is 5.45. The largest absolute Gasteiger partial charge is 1.00 e. The van der Waals surface area contributed by atoms with Crippen molar-refractivity contribution in [3.8, 4) is 5.88 Å². The van der Waals surface area contributed by atoms with Crippen LogP contribution in [0.4, 0.5) is 0 Å². The normalized spacial score (nSPS) is 21.2. The lowest BCUT2D eigenvalue weighted by Crippen LogP contribution is -3.00. The molecule has 2 aliphatic heterocycles. The Kier molecular flexibility index (Phi) is 11.6. The van der Waals surface area contributed by atoms with Gasteiger partial charge < -0.3 is 38.2 Å². The highest BCUT2D eigenvalue weighted by atomic mass is 127. The van der Waals surface area contributed by atoms with E-state index in [1.807, 2.05) is 18.2 Å². The van der Waals surface area contributed by atoms with E-state index in [4.69, 9.17) is 14.2 Å². The molecule has 198 valence electrons. The quantitative estimate of drug-likeness (QED) is 0.165. The van der Waals surface area contributed by atoms with Crippen LogP contribution in [0.25, 0.3) is 5.57 Å². The number of carbonyl (C=O) groups excluding carboxylic acids is 1. The van der Waals surface area contributed by atoms with Gasteiger partial charge in [0.2, 0.25) is 0 Å². The Morgan fingerprint density at radius 3 is 2.69 bits per heavy atom. The highest BCUT2D eigenvalue weighted by Gasteiger charge is 2.41. The third-order valence-electron chi connectivity index (χ3n) is 6.99. The van der Waals surface area contributed by atoms with Gasteiger partial charge in [0, 0.05) is 25.2 Å². The summed E-state index contributed by atoms with van der Waals surface area (Å²) >= 11 is 1.19. The number of hydrogen-bond donors (Lipinski definition) is 0. The average molecular weight is 628 g/mol. The molecule has 3 heterocycles. The molecule has 0 bridgehead atoms. The topological polar surface area (TPSA) is 70.5 Å². The van der Waals surface area contributed by atoms with Crippen molar-refractivity contribution in [1.29, 1.82) is 0 Å². The number of unbranched alkanes of at least 4 members (excludes halogenated alkanes) is 3. The average Bonchev–Trinajstić information content (AvgIpc) is 3.36. The zero-order valence-corrected chi connectivity index (χ0v) is 24.3. The van der Waals surface area contributed by atoms with Crippen molar-refractivity contribution in [2.24, 2.45) is 5.92 Å². The Morgan fingerprint density at radius 2 is 1.94 bits per heavy atom. The molecule has 7 nitrogen and oxygen atoms in total. The number of esters is 1. The van der Waals surface area contributed by atoms with E-state index in [-0.39, 0.29) is 42.1 Å². The summed E-state index contributed by atoms with van der Waals surface area (Å²) in [5.74, 6) is 0.405. The molecule has 36 heavy (non-hydrogen) atoms. The molecule has 0 aliphatic carbocycles. The van der Waals surface area contributed by atoms with Crippen LogP contribution in [0.1, 0.15) is 69.4 Å². The fourth-order valence-electron chi connectivity index (χ4n) is 4.92. The van der Waals surface area contributed by atoms with Gasteiger partial charge in [-0.1, -0.05) is 50.5 Å². The molecule has 9 heteroatoms. The smallest absolute Gasteiger partial charge is 0.313 e. The summed E-state index contributed by atoms with van der Waals surface area (Å²) in [4.78, 5) is 13.2. The Labute approximate surface area is 236 Å². The SMILES string of the molecule is CCCCCCOc1nsnc1C1=CCC[N+](C)(C(OC(=O)C2CCOCC2)c2ccccc2)C1.[I-]. The number of carbonyl (C=O) groups is 1. The van der Waals surface area contributed by atoms with E-state index in [1.165, 1.54) is 24.6 Å². The van der Waals surface area contributed by atoms with Crippen molar-refractivity contribution in [2.75, 3.05) is 40.0 Å². The molecule has 2 aromatic rings. The Morgan fingerprint density at radius 1 is 1.17 bits per heavy atom. The van der Waals surface area contributed by atoms with Gasteiger partial charge in [-0.2, -0.15) is 4.37 Å². The first-order chi connectivity index (χ1) is 17.1. The number of nitrogens with zero attached hydrogens (tertiary/aromatic N) is 3. The Balaban J connectivity index is 0.00000361. The zero-order chi connectivity index (χ0) is 24.5. The van der Waals surface area contributed by atoms with Crippen molar-refractivity contribution in [1.82, 2.24) is 8.75 Å². The molecular formula is C27H38IN3O4S. The van der Waals surface area contributed by atoms with E-state index in [2.05, 4.69) is 40.9 Å².